The van der Waals surface area contributed by atoms with E-state index in [1.165, 1.54) is 19.4 Å². The average molecular weight is 237 g/mol. The van der Waals surface area contributed by atoms with Crippen LogP contribution in [0.2, 0.25) is 0 Å². The van der Waals surface area contributed by atoms with Gasteiger partial charge in [-0.15, -0.1) is 0 Å². The van der Waals surface area contributed by atoms with Crippen molar-refractivity contribution < 1.29 is 9.47 Å². The lowest BCUT2D eigenvalue weighted by atomic mass is 9.93. The summed E-state index contributed by atoms with van der Waals surface area (Å²) < 4.78 is 10.9. The molecular formula is C14H23NO2. The van der Waals surface area contributed by atoms with Crippen molar-refractivity contribution in [2.75, 3.05) is 40.0 Å². The Kier molecular flexibility index (Phi) is 3.50. The first-order chi connectivity index (χ1) is 8.35. The van der Waals surface area contributed by atoms with E-state index >= 15 is 0 Å². The fourth-order valence-electron chi connectivity index (χ4n) is 3.67. The number of hydrogen-bond acceptors (Lipinski definition) is 3. The van der Waals surface area contributed by atoms with Crippen LogP contribution in [-0.4, -0.2) is 51.0 Å². The van der Waals surface area contributed by atoms with Crippen LogP contribution in [0.4, 0.5) is 0 Å². The van der Waals surface area contributed by atoms with E-state index in [0.29, 0.717) is 0 Å². The van der Waals surface area contributed by atoms with Crippen LogP contribution in [-0.2, 0) is 9.47 Å². The minimum atomic E-state index is 0.280. The topological polar surface area (TPSA) is 21.7 Å². The van der Waals surface area contributed by atoms with Crippen molar-refractivity contribution in [3.63, 3.8) is 0 Å². The first-order valence-electron chi connectivity index (χ1n) is 6.86. The standard InChI is InChI=1S/C14H23NO2/c1-16-10-14-9-15(4-5-17-14)8-13-7-11-2-3-12(13)6-11/h2-3,11-14H,4-10H2,1H3/t11-,12-,13-,14-/m0/s1. The van der Waals surface area contributed by atoms with Gasteiger partial charge in [0.25, 0.3) is 0 Å². The normalized spacial score (nSPS) is 41.2. The number of morpholine rings is 1. The number of methoxy groups -OCH3 is 1. The van der Waals surface area contributed by atoms with Gasteiger partial charge in [-0.3, -0.25) is 4.90 Å². The maximum absolute atomic E-state index is 5.69. The molecule has 3 heteroatoms. The third kappa shape index (κ3) is 2.56. The van der Waals surface area contributed by atoms with E-state index < -0.39 is 0 Å². The first-order valence-corrected chi connectivity index (χ1v) is 6.86. The second-order valence-electron chi connectivity index (χ2n) is 5.75. The summed E-state index contributed by atoms with van der Waals surface area (Å²) in [5.41, 5.74) is 0. The summed E-state index contributed by atoms with van der Waals surface area (Å²) in [7, 11) is 1.75. The maximum atomic E-state index is 5.69. The Labute approximate surface area is 104 Å². The van der Waals surface area contributed by atoms with Gasteiger partial charge in [0, 0.05) is 26.7 Å². The number of ether oxygens (including phenoxy) is 2. The smallest absolute Gasteiger partial charge is 0.0935 e. The molecule has 96 valence electrons. The second-order valence-corrected chi connectivity index (χ2v) is 5.75. The molecule has 3 aliphatic rings. The Morgan fingerprint density at radius 2 is 2.29 bits per heavy atom. The van der Waals surface area contributed by atoms with E-state index in [4.69, 9.17) is 9.47 Å². The van der Waals surface area contributed by atoms with E-state index in [1.54, 1.807) is 7.11 Å². The van der Waals surface area contributed by atoms with E-state index in [0.717, 1.165) is 44.1 Å². The minimum Gasteiger partial charge on any atom is -0.382 e. The van der Waals surface area contributed by atoms with Crippen LogP contribution >= 0.6 is 0 Å². The van der Waals surface area contributed by atoms with Crippen LogP contribution < -0.4 is 0 Å². The van der Waals surface area contributed by atoms with Crippen LogP contribution in [0.1, 0.15) is 12.8 Å². The van der Waals surface area contributed by atoms with Crippen LogP contribution in [0.3, 0.4) is 0 Å². The van der Waals surface area contributed by atoms with Crippen molar-refractivity contribution in [3.8, 4) is 0 Å². The summed E-state index contributed by atoms with van der Waals surface area (Å²) >= 11 is 0. The molecule has 0 aromatic carbocycles. The summed E-state index contributed by atoms with van der Waals surface area (Å²) in [5.74, 6) is 2.65. The molecule has 2 bridgehead atoms. The molecular weight excluding hydrogens is 214 g/mol. The molecule has 2 fully saturated rings. The van der Waals surface area contributed by atoms with E-state index in [2.05, 4.69) is 17.1 Å². The van der Waals surface area contributed by atoms with Gasteiger partial charge in [0.2, 0.25) is 0 Å². The predicted octanol–water partition coefficient (Wildman–Crippen LogP) is 1.55. The lowest BCUT2D eigenvalue weighted by Gasteiger charge is -2.35. The van der Waals surface area contributed by atoms with E-state index in [9.17, 15) is 0 Å². The second kappa shape index (κ2) is 5.09. The fraction of sp³-hybridized carbons (Fsp3) is 0.857. The molecule has 0 spiro atoms. The summed E-state index contributed by atoms with van der Waals surface area (Å²) in [6, 6.07) is 0. The van der Waals surface area contributed by atoms with Crippen molar-refractivity contribution >= 4 is 0 Å². The van der Waals surface area contributed by atoms with Gasteiger partial charge in [-0.25, -0.2) is 0 Å². The third-order valence-electron chi connectivity index (χ3n) is 4.48. The first kappa shape index (κ1) is 11.7. The SMILES string of the molecule is COC[C@@H]1CN(C[C@@H]2C[C@H]3C=C[C@H]2C3)CCO1. The molecule has 0 aromatic heterocycles. The summed E-state index contributed by atoms with van der Waals surface area (Å²) in [6.45, 7) is 5.00. The van der Waals surface area contributed by atoms with Gasteiger partial charge < -0.3 is 9.47 Å². The Morgan fingerprint density at radius 1 is 1.35 bits per heavy atom. The Bertz CT molecular complexity index is 290. The van der Waals surface area contributed by atoms with Gasteiger partial charge in [0.05, 0.1) is 19.3 Å². The zero-order valence-corrected chi connectivity index (χ0v) is 10.7. The highest BCUT2D eigenvalue weighted by atomic mass is 16.5. The minimum absolute atomic E-state index is 0.280. The molecule has 0 aromatic rings. The predicted molar refractivity (Wildman–Crippen MR) is 66.9 cm³/mol. The molecule has 3 nitrogen and oxygen atoms in total. The quantitative estimate of drug-likeness (QED) is 0.692. The Balaban J connectivity index is 1.50. The van der Waals surface area contributed by atoms with Gasteiger partial charge in [-0.1, -0.05) is 12.2 Å². The third-order valence-corrected chi connectivity index (χ3v) is 4.48. The molecule has 0 amide bonds. The largest absolute Gasteiger partial charge is 0.382 e. The molecule has 0 radical (unpaired) electrons. The van der Waals surface area contributed by atoms with Crippen LogP contribution in [0.5, 0.6) is 0 Å². The molecule has 4 atom stereocenters. The monoisotopic (exact) mass is 237 g/mol. The number of rotatable bonds is 4. The van der Waals surface area contributed by atoms with Gasteiger partial charge in [-0.2, -0.15) is 0 Å². The zero-order chi connectivity index (χ0) is 11.7. The summed E-state index contributed by atoms with van der Waals surface area (Å²) in [4.78, 5) is 2.58. The molecule has 0 N–H and O–H groups in total. The van der Waals surface area contributed by atoms with Gasteiger partial charge in [0.15, 0.2) is 0 Å². The van der Waals surface area contributed by atoms with Crippen molar-refractivity contribution in [2.45, 2.75) is 18.9 Å². The molecule has 1 heterocycles. The maximum Gasteiger partial charge on any atom is 0.0935 e. The molecule has 3 rings (SSSR count). The van der Waals surface area contributed by atoms with E-state index in [1.807, 2.05) is 0 Å². The van der Waals surface area contributed by atoms with Crippen molar-refractivity contribution in [1.29, 1.82) is 0 Å². The number of allylic oxidation sites excluding steroid dienone is 2. The molecule has 0 unspecified atom stereocenters. The van der Waals surface area contributed by atoms with Gasteiger partial charge in [-0.05, 0) is 30.6 Å². The molecule has 1 aliphatic heterocycles. The lowest BCUT2D eigenvalue weighted by molar-refractivity contribution is -0.0647. The molecule has 17 heavy (non-hydrogen) atoms. The zero-order valence-electron chi connectivity index (χ0n) is 10.7. The summed E-state index contributed by atoms with van der Waals surface area (Å²) in [5, 5.41) is 0. The van der Waals surface area contributed by atoms with Crippen LogP contribution in [0.15, 0.2) is 12.2 Å². The molecule has 1 saturated carbocycles. The van der Waals surface area contributed by atoms with Crippen molar-refractivity contribution in [1.82, 2.24) is 4.90 Å². The van der Waals surface area contributed by atoms with Gasteiger partial charge >= 0.3 is 0 Å². The lowest BCUT2D eigenvalue weighted by Crippen LogP contribution is -2.46. The van der Waals surface area contributed by atoms with Crippen molar-refractivity contribution in [2.24, 2.45) is 17.8 Å². The fourth-order valence-corrected chi connectivity index (χ4v) is 3.67. The molecule has 1 saturated heterocycles. The van der Waals surface area contributed by atoms with Crippen LogP contribution in [0.25, 0.3) is 0 Å². The number of hydrogen-bond donors (Lipinski definition) is 0. The average Bonchev–Trinajstić information content (AvgIpc) is 2.92. The Hall–Kier alpha value is -0.380. The van der Waals surface area contributed by atoms with Crippen molar-refractivity contribution in [3.05, 3.63) is 12.2 Å². The highest BCUT2D eigenvalue weighted by molar-refractivity contribution is 5.10. The number of nitrogens with zero attached hydrogens (tertiary/aromatic N) is 1. The van der Waals surface area contributed by atoms with E-state index in [-0.39, 0.29) is 6.10 Å². The van der Waals surface area contributed by atoms with Crippen LogP contribution in [0, 0.1) is 17.8 Å². The Morgan fingerprint density at radius 3 is 3.00 bits per heavy atom. The van der Waals surface area contributed by atoms with Gasteiger partial charge in [0.1, 0.15) is 0 Å². The highest BCUT2D eigenvalue weighted by Gasteiger charge is 2.36. The molecule has 2 aliphatic carbocycles. The number of fused-ring (bicyclic) bond motifs is 2. The summed E-state index contributed by atoms with van der Waals surface area (Å²) in [6.07, 6.45) is 7.98. The highest BCUT2D eigenvalue weighted by Crippen LogP contribution is 2.43.